The molecular formula is C9H14ClN3O. The van der Waals surface area contributed by atoms with Crippen LogP contribution in [0.3, 0.4) is 0 Å². The van der Waals surface area contributed by atoms with Crippen molar-refractivity contribution >= 4 is 11.6 Å². The molecule has 0 saturated heterocycles. The van der Waals surface area contributed by atoms with Gasteiger partial charge in [0.25, 0.3) is 0 Å². The molecule has 0 saturated carbocycles. The Balaban J connectivity index is 2.16. The normalized spacial score (nSPS) is 12.1. The molecule has 0 spiro atoms. The molecule has 1 N–H and O–H groups in total. The van der Waals surface area contributed by atoms with Crippen molar-refractivity contribution in [2.45, 2.75) is 20.3 Å². The summed E-state index contributed by atoms with van der Waals surface area (Å²) in [6, 6.07) is 0. The highest BCUT2D eigenvalue weighted by Crippen LogP contribution is 1.95. The van der Waals surface area contributed by atoms with Crippen LogP contribution in [-0.2, 0) is 6.42 Å². The maximum Gasteiger partial charge on any atom is 0.223 e. The number of nitrogens with one attached hydrogen (secondary N) is 1. The summed E-state index contributed by atoms with van der Waals surface area (Å²) in [4.78, 5) is 4.09. The molecule has 78 valence electrons. The van der Waals surface area contributed by atoms with E-state index in [1.54, 1.807) is 12.5 Å². The Morgan fingerprint density at radius 3 is 3.00 bits per heavy atom. The van der Waals surface area contributed by atoms with Crippen molar-refractivity contribution in [2.24, 2.45) is 0 Å². The molecule has 1 rings (SSSR count). The number of aryl methyl sites for hydroxylation is 1. The first-order valence-corrected chi connectivity index (χ1v) is 4.92. The predicted octanol–water partition coefficient (Wildman–Crippen LogP) is 1.65. The highest BCUT2D eigenvalue weighted by Gasteiger charge is 2.00. The Morgan fingerprint density at radius 1 is 1.64 bits per heavy atom. The summed E-state index contributed by atoms with van der Waals surface area (Å²) >= 11 is 5.51. The molecule has 0 aromatic carbocycles. The third-order valence-electron chi connectivity index (χ3n) is 1.69. The van der Waals surface area contributed by atoms with Crippen LogP contribution in [0.4, 0.5) is 0 Å². The molecule has 0 unspecified atom stereocenters. The van der Waals surface area contributed by atoms with E-state index in [-0.39, 0.29) is 0 Å². The smallest absolute Gasteiger partial charge is 0.223 e. The third kappa shape index (κ3) is 3.89. The van der Waals surface area contributed by atoms with Crippen LogP contribution in [0.1, 0.15) is 18.6 Å². The molecule has 5 heteroatoms. The van der Waals surface area contributed by atoms with Gasteiger partial charge in [-0.25, -0.2) is 0 Å². The first-order chi connectivity index (χ1) is 6.72. The molecule has 1 heterocycles. The molecule has 1 aromatic heterocycles. The molecule has 1 aromatic rings. The minimum atomic E-state index is 0.608. The zero-order chi connectivity index (χ0) is 10.4. The van der Waals surface area contributed by atoms with Gasteiger partial charge in [0, 0.05) is 32.0 Å². The summed E-state index contributed by atoms with van der Waals surface area (Å²) in [5.41, 5.74) is 2.68. The van der Waals surface area contributed by atoms with Gasteiger partial charge in [0.1, 0.15) is 0 Å². The first-order valence-electron chi connectivity index (χ1n) is 4.48. The van der Waals surface area contributed by atoms with Crippen LogP contribution in [-0.4, -0.2) is 23.2 Å². The van der Waals surface area contributed by atoms with E-state index in [1.165, 1.54) is 0 Å². The molecule has 0 bridgehead atoms. The standard InChI is InChI=1S/C9H14ClN3O/c1-7(5-10)6-11-4-3-9-12-8(2)14-13-9/h5,11H,3-4,6H2,1-2H3. The van der Waals surface area contributed by atoms with Gasteiger partial charge in [-0.15, -0.1) is 0 Å². The molecule has 0 fully saturated rings. The fraction of sp³-hybridized carbons (Fsp3) is 0.556. The van der Waals surface area contributed by atoms with Crippen molar-refractivity contribution in [1.29, 1.82) is 0 Å². The molecule has 0 atom stereocenters. The zero-order valence-corrected chi connectivity index (χ0v) is 9.14. The van der Waals surface area contributed by atoms with Gasteiger partial charge in [0.2, 0.25) is 5.89 Å². The van der Waals surface area contributed by atoms with Crippen molar-refractivity contribution in [3.63, 3.8) is 0 Å². The average Bonchev–Trinajstić information content (AvgIpc) is 2.58. The van der Waals surface area contributed by atoms with Crippen LogP contribution in [0.25, 0.3) is 0 Å². The molecule has 0 aliphatic carbocycles. The van der Waals surface area contributed by atoms with Gasteiger partial charge in [-0.3, -0.25) is 0 Å². The average molecular weight is 216 g/mol. The second kappa shape index (κ2) is 5.78. The van der Waals surface area contributed by atoms with E-state index in [4.69, 9.17) is 16.1 Å². The fourth-order valence-corrected chi connectivity index (χ4v) is 1.04. The number of nitrogens with zero attached hydrogens (tertiary/aromatic N) is 2. The lowest BCUT2D eigenvalue weighted by Crippen LogP contribution is -2.19. The minimum absolute atomic E-state index is 0.608. The summed E-state index contributed by atoms with van der Waals surface area (Å²) in [5, 5.41) is 7.01. The van der Waals surface area contributed by atoms with Gasteiger partial charge in [-0.2, -0.15) is 4.98 Å². The summed E-state index contributed by atoms with van der Waals surface area (Å²) < 4.78 is 4.84. The maximum absolute atomic E-state index is 5.51. The van der Waals surface area contributed by atoms with E-state index in [9.17, 15) is 0 Å². The molecule has 14 heavy (non-hydrogen) atoms. The summed E-state index contributed by atoms with van der Waals surface area (Å²) in [7, 11) is 0. The van der Waals surface area contributed by atoms with E-state index in [0.29, 0.717) is 5.89 Å². The number of hydrogen-bond acceptors (Lipinski definition) is 4. The van der Waals surface area contributed by atoms with E-state index in [1.807, 2.05) is 6.92 Å². The summed E-state index contributed by atoms with van der Waals surface area (Å²) in [6.45, 7) is 5.37. The molecular weight excluding hydrogens is 202 g/mol. The number of rotatable bonds is 5. The Morgan fingerprint density at radius 2 is 2.43 bits per heavy atom. The van der Waals surface area contributed by atoms with Gasteiger partial charge in [0.15, 0.2) is 5.82 Å². The number of hydrogen-bond donors (Lipinski definition) is 1. The Kier molecular flexibility index (Phi) is 4.62. The Bertz CT molecular complexity index is 309. The highest BCUT2D eigenvalue weighted by molar-refractivity contribution is 6.25. The van der Waals surface area contributed by atoms with Crippen molar-refractivity contribution in [1.82, 2.24) is 15.5 Å². The van der Waals surface area contributed by atoms with Gasteiger partial charge in [-0.05, 0) is 12.5 Å². The molecule has 4 nitrogen and oxygen atoms in total. The van der Waals surface area contributed by atoms with Crippen molar-refractivity contribution < 1.29 is 4.52 Å². The Hall–Kier alpha value is -0.870. The fourth-order valence-electron chi connectivity index (χ4n) is 0.967. The second-order valence-corrected chi connectivity index (χ2v) is 3.33. The van der Waals surface area contributed by atoms with Gasteiger partial charge >= 0.3 is 0 Å². The lowest BCUT2D eigenvalue weighted by atomic mass is 10.3. The minimum Gasteiger partial charge on any atom is -0.340 e. The van der Waals surface area contributed by atoms with Crippen LogP contribution in [0, 0.1) is 6.92 Å². The van der Waals surface area contributed by atoms with Crippen molar-refractivity contribution in [3.8, 4) is 0 Å². The first kappa shape index (κ1) is 11.2. The van der Waals surface area contributed by atoms with E-state index < -0.39 is 0 Å². The monoisotopic (exact) mass is 215 g/mol. The summed E-state index contributed by atoms with van der Waals surface area (Å²) in [6.07, 6.45) is 0.771. The largest absolute Gasteiger partial charge is 0.340 e. The summed E-state index contributed by atoms with van der Waals surface area (Å²) in [5.74, 6) is 1.35. The second-order valence-electron chi connectivity index (χ2n) is 3.11. The predicted molar refractivity (Wildman–Crippen MR) is 55.2 cm³/mol. The molecule has 0 radical (unpaired) electrons. The molecule has 0 aliphatic heterocycles. The van der Waals surface area contributed by atoms with Gasteiger partial charge in [0.05, 0.1) is 0 Å². The topological polar surface area (TPSA) is 51.0 Å². The number of halogens is 1. The lowest BCUT2D eigenvalue weighted by Gasteiger charge is -2.01. The van der Waals surface area contributed by atoms with Crippen molar-refractivity contribution in [2.75, 3.05) is 13.1 Å². The SMILES string of the molecule is CC(=CCl)CNCCc1noc(C)n1. The van der Waals surface area contributed by atoms with Crippen LogP contribution < -0.4 is 5.32 Å². The van der Waals surface area contributed by atoms with Crippen LogP contribution in [0.2, 0.25) is 0 Å². The van der Waals surface area contributed by atoms with E-state index >= 15 is 0 Å². The van der Waals surface area contributed by atoms with Crippen molar-refractivity contribution in [3.05, 3.63) is 22.8 Å². The van der Waals surface area contributed by atoms with Crippen LogP contribution in [0.5, 0.6) is 0 Å². The lowest BCUT2D eigenvalue weighted by molar-refractivity contribution is 0.387. The highest BCUT2D eigenvalue weighted by atomic mass is 35.5. The van der Waals surface area contributed by atoms with Crippen LogP contribution in [0.15, 0.2) is 15.6 Å². The molecule has 0 amide bonds. The van der Waals surface area contributed by atoms with E-state index in [2.05, 4.69) is 15.5 Å². The number of aromatic nitrogens is 2. The molecule has 0 aliphatic rings. The Labute approximate surface area is 88.3 Å². The van der Waals surface area contributed by atoms with Gasteiger partial charge in [-0.1, -0.05) is 16.8 Å². The van der Waals surface area contributed by atoms with Gasteiger partial charge < -0.3 is 9.84 Å². The van der Waals surface area contributed by atoms with E-state index in [0.717, 1.165) is 30.9 Å². The quantitative estimate of drug-likeness (QED) is 0.759. The third-order valence-corrected chi connectivity index (χ3v) is 2.06. The zero-order valence-electron chi connectivity index (χ0n) is 8.38. The van der Waals surface area contributed by atoms with Crippen LogP contribution >= 0.6 is 11.6 Å². The maximum atomic E-state index is 5.51.